The lowest BCUT2D eigenvalue weighted by molar-refractivity contribution is -0.145. The molecule has 9 nitrogen and oxygen atoms in total. The number of benzene rings is 2. The maximum atomic E-state index is 13.6. The van der Waals surface area contributed by atoms with Crippen LogP contribution in [-0.2, 0) is 24.4 Å². The summed E-state index contributed by atoms with van der Waals surface area (Å²) in [4.78, 5) is 40.9. The summed E-state index contributed by atoms with van der Waals surface area (Å²) < 4.78 is 27.9. The Labute approximate surface area is 209 Å². The summed E-state index contributed by atoms with van der Waals surface area (Å²) in [5, 5.41) is 11.3. The van der Waals surface area contributed by atoms with Crippen LogP contribution in [-0.4, -0.2) is 83.7 Å². The van der Waals surface area contributed by atoms with Gasteiger partial charge < -0.3 is 14.9 Å². The molecule has 1 N–H and O–H groups in total. The van der Waals surface area contributed by atoms with Gasteiger partial charge in [-0.25, -0.2) is 8.42 Å². The van der Waals surface area contributed by atoms with E-state index in [1.807, 2.05) is 0 Å². The molecule has 0 spiro atoms. The Morgan fingerprint density at radius 1 is 1.09 bits per heavy atom. The van der Waals surface area contributed by atoms with Crippen molar-refractivity contribution in [3.8, 4) is 0 Å². The number of hydrogen-bond acceptors (Lipinski definition) is 5. The smallest absolute Gasteiger partial charge is 0.318 e. The monoisotopic (exact) mass is 521 g/mol. The van der Waals surface area contributed by atoms with Crippen LogP contribution in [0.5, 0.6) is 0 Å². The molecule has 2 amide bonds. The Bertz CT molecular complexity index is 1260. The van der Waals surface area contributed by atoms with E-state index in [0.717, 1.165) is 29.0 Å². The summed E-state index contributed by atoms with van der Waals surface area (Å²) >= 11 is 6.01. The van der Waals surface area contributed by atoms with Gasteiger partial charge in [-0.1, -0.05) is 23.7 Å². The molecule has 0 aliphatic carbocycles. The summed E-state index contributed by atoms with van der Waals surface area (Å²) in [5.74, 6) is -2.09. The molecule has 2 unspecified atom stereocenters. The van der Waals surface area contributed by atoms with E-state index in [4.69, 9.17) is 11.6 Å². The van der Waals surface area contributed by atoms with Crippen LogP contribution in [0.2, 0.25) is 5.02 Å². The first kappa shape index (κ1) is 25.4. The van der Waals surface area contributed by atoms with Gasteiger partial charge in [0.2, 0.25) is 21.8 Å². The van der Waals surface area contributed by atoms with Crippen LogP contribution < -0.4 is 0 Å². The van der Waals surface area contributed by atoms with Crippen LogP contribution in [0.1, 0.15) is 32.6 Å². The predicted octanol–water partition coefficient (Wildman–Crippen LogP) is 2.57. The lowest BCUT2D eigenvalue weighted by Crippen LogP contribution is -2.52. The maximum absolute atomic E-state index is 13.6. The van der Waals surface area contributed by atoms with Crippen molar-refractivity contribution in [3.05, 3.63) is 41.4 Å². The van der Waals surface area contributed by atoms with Gasteiger partial charge in [-0.05, 0) is 67.6 Å². The van der Waals surface area contributed by atoms with Crippen LogP contribution in [0.3, 0.4) is 0 Å². The molecule has 11 heteroatoms. The first-order valence-corrected chi connectivity index (χ1v) is 13.4. The summed E-state index contributed by atoms with van der Waals surface area (Å²) in [6, 6.07) is 7.47. The highest BCUT2D eigenvalue weighted by atomic mass is 35.5. The van der Waals surface area contributed by atoms with E-state index in [1.165, 1.54) is 17.0 Å². The van der Waals surface area contributed by atoms with Gasteiger partial charge in [0, 0.05) is 24.7 Å². The van der Waals surface area contributed by atoms with Gasteiger partial charge >= 0.3 is 5.97 Å². The van der Waals surface area contributed by atoms with E-state index < -0.39 is 40.5 Å². The fourth-order valence-corrected chi connectivity index (χ4v) is 6.61. The molecular weight excluding hydrogens is 494 g/mol. The third kappa shape index (κ3) is 5.14. The number of carboxylic acids is 1. The number of fused-ring (bicyclic) bond motifs is 1. The first-order valence-electron chi connectivity index (χ1n) is 11.6. The number of nitrogens with zero attached hydrogens (tertiary/aromatic N) is 3. The molecule has 2 aromatic carbocycles. The second-order valence-corrected chi connectivity index (χ2v) is 11.3. The van der Waals surface area contributed by atoms with E-state index in [9.17, 15) is 27.9 Å². The molecule has 2 atom stereocenters. The number of carbonyl (C=O) groups is 3. The molecule has 0 bridgehead atoms. The number of hydrogen-bond donors (Lipinski definition) is 1. The molecule has 2 fully saturated rings. The summed E-state index contributed by atoms with van der Waals surface area (Å²) in [7, 11) is -4.33. The van der Waals surface area contributed by atoms with E-state index in [-0.39, 0.29) is 23.8 Å². The minimum absolute atomic E-state index is 0.103. The zero-order valence-electron chi connectivity index (χ0n) is 19.4. The third-order valence-electron chi connectivity index (χ3n) is 6.72. The highest BCUT2D eigenvalue weighted by molar-refractivity contribution is 7.89. The minimum Gasteiger partial charge on any atom is -0.480 e. The van der Waals surface area contributed by atoms with Gasteiger partial charge in [0.1, 0.15) is 18.6 Å². The number of amides is 2. The summed E-state index contributed by atoms with van der Waals surface area (Å²) in [6.45, 7) is 2.23. The molecular formula is C24H28ClN3O6S. The van der Waals surface area contributed by atoms with Crippen molar-refractivity contribution in [2.24, 2.45) is 0 Å². The largest absolute Gasteiger partial charge is 0.480 e. The Morgan fingerprint density at radius 2 is 1.74 bits per heavy atom. The number of piperidine rings is 1. The first-order chi connectivity index (χ1) is 16.6. The van der Waals surface area contributed by atoms with E-state index >= 15 is 0 Å². The third-order valence-corrected chi connectivity index (χ3v) is 8.81. The van der Waals surface area contributed by atoms with Gasteiger partial charge in [-0.3, -0.25) is 14.4 Å². The molecule has 2 aliphatic heterocycles. The van der Waals surface area contributed by atoms with Crippen LogP contribution in [0.25, 0.3) is 10.8 Å². The van der Waals surface area contributed by atoms with Crippen molar-refractivity contribution < 1.29 is 27.9 Å². The van der Waals surface area contributed by atoms with Gasteiger partial charge in [0.25, 0.3) is 0 Å². The fraction of sp³-hybridized carbons (Fsp3) is 0.458. The second-order valence-electron chi connectivity index (χ2n) is 9.00. The Hall–Kier alpha value is -2.69. The highest BCUT2D eigenvalue weighted by Gasteiger charge is 2.45. The fourth-order valence-electron chi connectivity index (χ4n) is 4.84. The molecule has 2 saturated heterocycles. The van der Waals surface area contributed by atoms with Crippen molar-refractivity contribution in [2.75, 3.05) is 26.2 Å². The van der Waals surface area contributed by atoms with Gasteiger partial charge in [-0.2, -0.15) is 4.31 Å². The van der Waals surface area contributed by atoms with Crippen molar-refractivity contribution in [1.29, 1.82) is 0 Å². The van der Waals surface area contributed by atoms with E-state index in [0.29, 0.717) is 23.5 Å². The molecule has 2 aliphatic rings. The zero-order valence-corrected chi connectivity index (χ0v) is 21.0. The SMILES string of the molecule is CC(C(=O)N1CCCCC1)N1CCC(N(CC(=O)O)S(=O)(=O)c2ccc3cc(Cl)ccc3c2)C1=O. The summed E-state index contributed by atoms with van der Waals surface area (Å²) in [5.41, 5.74) is 0. The predicted molar refractivity (Wildman–Crippen MR) is 130 cm³/mol. The Morgan fingerprint density at radius 3 is 2.43 bits per heavy atom. The lowest BCUT2D eigenvalue weighted by Gasteiger charge is -2.33. The molecule has 2 aromatic rings. The van der Waals surface area contributed by atoms with E-state index in [1.54, 1.807) is 36.1 Å². The normalized spacial score (nSPS) is 20.0. The molecule has 0 aromatic heterocycles. The number of halogens is 1. The number of aliphatic carboxylic acids is 1. The number of carboxylic acid groups (broad SMARTS) is 1. The maximum Gasteiger partial charge on any atom is 0.318 e. The van der Waals surface area contributed by atoms with Crippen molar-refractivity contribution in [1.82, 2.24) is 14.1 Å². The molecule has 4 rings (SSSR count). The van der Waals surface area contributed by atoms with Crippen LogP contribution in [0.15, 0.2) is 41.3 Å². The average molecular weight is 522 g/mol. The minimum atomic E-state index is -4.33. The Balaban J connectivity index is 1.60. The molecule has 2 heterocycles. The highest BCUT2D eigenvalue weighted by Crippen LogP contribution is 2.29. The van der Waals surface area contributed by atoms with E-state index in [2.05, 4.69) is 0 Å². The lowest BCUT2D eigenvalue weighted by atomic mass is 10.1. The molecule has 0 saturated carbocycles. The quantitative estimate of drug-likeness (QED) is 0.598. The molecule has 188 valence electrons. The van der Waals surface area contributed by atoms with Gasteiger partial charge in [0.05, 0.1) is 4.90 Å². The number of rotatable bonds is 7. The van der Waals surface area contributed by atoms with Crippen LogP contribution in [0, 0.1) is 0 Å². The molecule has 35 heavy (non-hydrogen) atoms. The van der Waals surface area contributed by atoms with Gasteiger partial charge in [0.15, 0.2) is 0 Å². The number of sulfonamides is 1. The number of likely N-dealkylation sites (tertiary alicyclic amines) is 2. The van der Waals surface area contributed by atoms with Crippen molar-refractivity contribution in [2.45, 2.75) is 49.6 Å². The molecule has 0 radical (unpaired) electrons. The standard InChI is InChI=1S/C24H28ClN3O6S/c1-16(23(31)26-10-3-2-4-11-26)27-12-9-21(24(27)32)28(15-22(29)30)35(33,34)20-8-6-17-13-19(25)7-5-18(17)14-20/h5-8,13-14,16,21H,2-4,9-12,15H2,1H3,(H,29,30). The van der Waals surface area contributed by atoms with Crippen LogP contribution in [0.4, 0.5) is 0 Å². The van der Waals surface area contributed by atoms with Gasteiger partial charge in [-0.15, -0.1) is 0 Å². The average Bonchev–Trinajstić information content (AvgIpc) is 3.22. The summed E-state index contributed by atoms with van der Waals surface area (Å²) in [6.07, 6.45) is 2.99. The van der Waals surface area contributed by atoms with Crippen LogP contribution >= 0.6 is 11.6 Å². The second kappa shape index (κ2) is 10.1. The number of carbonyl (C=O) groups excluding carboxylic acids is 2. The van der Waals surface area contributed by atoms with Crippen molar-refractivity contribution in [3.63, 3.8) is 0 Å². The van der Waals surface area contributed by atoms with Crippen molar-refractivity contribution >= 4 is 50.2 Å². The Kier molecular flexibility index (Phi) is 7.35. The zero-order chi connectivity index (χ0) is 25.3. The topological polar surface area (TPSA) is 115 Å².